The molecule has 2 rings (SSSR count). The molecule has 0 aliphatic heterocycles. The molecule has 1 heterocycles. The molecule has 0 aliphatic carbocycles. The van der Waals surface area contributed by atoms with E-state index in [1.165, 1.54) is 11.3 Å². The highest BCUT2D eigenvalue weighted by Crippen LogP contribution is 2.21. The second-order valence-electron chi connectivity index (χ2n) is 6.01. The van der Waals surface area contributed by atoms with Crippen molar-refractivity contribution in [3.63, 3.8) is 0 Å². The molecule has 2 aromatic rings. The number of carbonyl (C=O) groups excluding carboxylic acids is 2. The van der Waals surface area contributed by atoms with Crippen LogP contribution in [0.3, 0.4) is 0 Å². The predicted molar refractivity (Wildman–Crippen MR) is 97.1 cm³/mol. The van der Waals surface area contributed by atoms with Gasteiger partial charge in [0.2, 0.25) is 11.8 Å². The molecule has 2 amide bonds. The molecule has 26 heavy (non-hydrogen) atoms. The number of nitrogens with one attached hydrogen (secondary N) is 2. The van der Waals surface area contributed by atoms with E-state index in [0.717, 1.165) is 28.8 Å². The maximum absolute atomic E-state index is 13.2. The van der Waals surface area contributed by atoms with E-state index in [1.54, 1.807) is 0 Å². The minimum absolute atomic E-state index is 0.210. The van der Waals surface area contributed by atoms with Crippen LogP contribution in [0.15, 0.2) is 18.2 Å². The van der Waals surface area contributed by atoms with Gasteiger partial charge in [0.25, 0.3) is 0 Å². The summed E-state index contributed by atoms with van der Waals surface area (Å²) in [6.45, 7) is 5.66. The van der Waals surface area contributed by atoms with Crippen LogP contribution in [0, 0.1) is 25.5 Å². The molecule has 1 atom stereocenters. The maximum Gasteiger partial charge on any atom is 0.248 e. The Morgan fingerprint density at radius 3 is 2.38 bits per heavy atom. The van der Waals surface area contributed by atoms with Crippen LogP contribution in [0.4, 0.5) is 13.9 Å². The summed E-state index contributed by atoms with van der Waals surface area (Å²) < 4.78 is 26.5. The smallest absolute Gasteiger partial charge is 0.248 e. The summed E-state index contributed by atoms with van der Waals surface area (Å²) in [6, 6.07) is 2.19. The summed E-state index contributed by atoms with van der Waals surface area (Å²) in [5.41, 5.74) is 1.05. The summed E-state index contributed by atoms with van der Waals surface area (Å²) in [6.07, 6.45) is 0.916. The van der Waals surface area contributed by atoms with Crippen LogP contribution in [-0.4, -0.2) is 22.8 Å². The fourth-order valence-electron chi connectivity index (χ4n) is 2.42. The first kappa shape index (κ1) is 20.0. The number of benzene rings is 1. The second kappa shape index (κ2) is 8.84. The van der Waals surface area contributed by atoms with Gasteiger partial charge in [-0.2, -0.15) is 0 Å². The van der Waals surface area contributed by atoms with Gasteiger partial charge in [-0.15, -0.1) is 11.3 Å². The van der Waals surface area contributed by atoms with Crippen molar-refractivity contribution in [2.45, 2.75) is 46.1 Å². The van der Waals surface area contributed by atoms with Crippen LogP contribution in [0.1, 0.15) is 35.9 Å². The van der Waals surface area contributed by atoms with Gasteiger partial charge in [0, 0.05) is 10.9 Å². The molecule has 0 bridgehead atoms. The molecule has 140 valence electrons. The number of amides is 2. The van der Waals surface area contributed by atoms with Crippen LogP contribution in [0.5, 0.6) is 0 Å². The Morgan fingerprint density at radius 2 is 1.85 bits per heavy atom. The number of carbonyl (C=O) groups is 2. The standard InChI is InChI=1S/C18H21F2N3O2S/c1-4-5-15(17(25)23-18-21-10(2)11(3)26-18)22-16(24)8-12-6-13(19)9-14(20)7-12/h6-7,9,15H,4-5,8H2,1-3H3,(H,22,24)(H,21,23,25)/t15-/m0/s1. The van der Waals surface area contributed by atoms with Crippen LogP contribution in [0.2, 0.25) is 0 Å². The Hall–Kier alpha value is -2.35. The Balaban J connectivity index is 2.01. The summed E-state index contributed by atoms with van der Waals surface area (Å²) in [5.74, 6) is -2.33. The number of aryl methyl sites for hydroxylation is 2. The number of rotatable bonds is 7. The van der Waals surface area contributed by atoms with E-state index >= 15 is 0 Å². The van der Waals surface area contributed by atoms with Crippen molar-refractivity contribution in [3.05, 3.63) is 46.0 Å². The van der Waals surface area contributed by atoms with E-state index in [-0.39, 0.29) is 17.9 Å². The first-order chi connectivity index (χ1) is 12.3. The van der Waals surface area contributed by atoms with Gasteiger partial charge in [-0.05, 0) is 38.0 Å². The number of thiazole rings is 1. The minimum Gasteiger partial charge on any atom is -0.344 e. The zero-order valence-electron chi connectivity index (χ0n) is 14.9. The van der Waals surface area contributed by atoms with E-state index in [9.17, 15) is 18.4 Å². The lowest BCUT2D eigenvalue weighted by molar-refractivity contribution is -0.126. The zero-order valence-corrected chi connectivity index (χ0v) is 15.7. The van der Waals surface area contributed by atoms with Gasteiger partial charge < -0.3 is 10.6 Å². The average Bonchev–Trinajstić information content (AvgIpc) is 2.83. The van der Waals surface area contributed by atoms with Crippen LogP contribution >= 0.6 is 11.3 Å². The highest BCUT2D eigenvalue weighted by Gasteiger charge is 2.21. The second-order valence-corrected chi connectivity index (χ2v) is 7.22. The molecular formula is C18H21F2N3O2S. The average molecular weight is 381 g/mol. The Bertz CT molecular complexity index is 768. The fourth-order valence-corrected chi connectivity index (χ4v) is 3.24. The highest BCUT2D eigenvalue weighted by molar-refractivity contribution is 7.15. The number of hydrogen-bond donors (Lipinski definition) is 2. The van der Waals surface area contributed by atoms with E-state index in [4.69, 9.17) is 0 Å². The molecule has 0 spiro atoms. The number of hydrogen-bond acceptors (Lipinski definition) is 4. The van der Waals surface area contributed by atoms with Crippen LogP contribution in [-0.2, 0) is 16.0 Å². The molecule has 0 radical (unpaired) electrons. The van der Waals surface area contributed by atoms with Crippen molar-refractivity contribution in [3.8, 4) is 0 Å². The lowest BCUT2D eigenvalue weighted by Gasteiger charge is -2.17. The monoisotopic (exact) mass is 381 g/mol. The van der Waals surface area contributed by atoms with Gasteiger partial charge >= 0.3 is 0 Å². The van der Waals surface area contributed by atoms with Gasteiger partial charge in [0.05, 0.1) is 12.1 Å². The van der Waals surface area contributed by atoms with Crippen molar-refractivity contribution in [2.24, 2.45) is 0 Å². The summed E-state index contributed by atoms with van der Waals surface area (Å²) >= 11 is 1.36. The molecule has 0 fully saturated rings. The van der Waals surface area contributed by atoms with Crippen molar-refractivity contribution in [1.82, 2.24) is 10.3 Å². The molecule has 0 aliphatic rings. The lowest BCUT2D eigenvalue weighted by atomic mass is 10.1. The highest BCUT2D eigenvalue weighted by atomic mass is 32.1. The van der Waals surface area contributed by atoms with E-state index < -0.39 is 23.6 Å². The van der Waals surface area contributed by atoms with Gasteiger partial charge in [0.15, 0.2) is 5.13 Å². The van der Waals surface area contributed by atoms with Crippen molar-refractivity contribution < 1.29 is 18.4 Å². The quantitative estimate of drug-likeness (QED) is 0.771. The van der Waals surface area contributed by atoms with Crippen LogP contribution in [0.25, 0.3) is 0 Å². The molecule has 0 saturated heterocycles. The zero-order chi connectivity index (χ0) is 19.3. The third-order valence-corrected chi connectivity index (χ3v) is 4.76. The summed E-state index contributed by atoms with van der Waals surface area (Å²) in [7, 11) is 0. The maximum atomic E-state index is 13.2. The molecule has 8 heteroatoms. The number of anilines is 1. The number of aromatic nitrogens is 1. The molecule has 1 aromatic heterocycles. The molecule has 0 unspecified atom stereocenters. The topological polar surface area (TPSA) is 71.1 Å². The summed E-state index contributed by atoms with van der Waals surface area (Å²) in [5, 5.41) is 5.82. The van der Waals surface area contributed by atoms with Crippen molar-refractivity contribution in [2.75, 3.05) is 5.32 Å². The van der Waals surface area contributed by atoms with E-state index in [0.29, 0.717) is 18.0 Å². The molecular weight excluding hydrogens is 360 g/mol. The van der Waals surface area contributed by atoms with E-state index in [2.05, 4.69) is 15.6 Å². The molecule has 1 aromatic carbocycles. The first-order valence-corrected chi connectivity index (χ1v) is 9.09. The van der Waals surface area contributed by atoms with E-state index in [1.807, 2.05) is 20.8 Å². The SMILES string of the molecule is CCC[C@H](NC(=O)Cc1cc(F)cc(F)c1)C(=O)Nc1nc(C)c(C)s1. The van der Waals surface area contributed by atoms with Gasteiger partial charge in [-0.1, -0.05) is 13.3 Å². The van der Waals surface area contributed by atoms with Crippen molar-refractivity contribution in [1.29, 1.82) is 0 Å². The third kappa shape index (κ3) is 5.59. The Kier molecular flexibility index (Phi) is 6.79. The first-order valence-electron chi connectivity index (χ1n) is 8.27. The van der Waals surface area contributed by atoms with Gasteiger partial charge in [0.1, 0.15) is 17.7 Å². The molecule has 5 nitrogen and oxygen atoms in total. The Labute approximate surface area is 154 Å². The van der Waals surface area contributed by atoms with Crippen molar-refractivity contribution >= 4 is 28.3 Å². The largest absolute Gasteiger partial charge is 0.344 e. The number of nitrogens with zero attached hydrogens (tertiary/aromatic N) is 1. The minimum atomic E-state index is -0.745. The molecule has 0 saturated carbocycles. The Morgan fingerprint density at radius 1 is 1.19 bits per heavy atom. The third-order valence-electron chi connectivity index (χ3n) is 3.77. The fraction of sp³-hybridized carbons (Fsp3) is 0.389. The molecule has 2 N–H and O–H groups in total. The lowest BCUT2D eigenvalue weighted by Crippen LogP contribution is -2.44. The number of halogens is 2. The summed E-state index contributed by atoms with van der Waals surface area (Å²) in [4.78, 5) is 29.9. The normalized spacial score (nSPS) is 11.9. The predicted octanol–water partition coefficient (Wildman–Crippen LogP) is 3.50. The van der Waals surface area contributed by atoms with Gasteiger partial charge in [-0.25, -0.2) is 13.8 Å². The van der Waals surface area contributed by atoms with Crippen LogP contribution < -0.4 is 10.6 Å². The van der Waals surface area contributed by atoms with Gasteiger partial charge in [-0.3, -0.25) is 9.59 Å².